The number of aliphatic carboxylic acids is 1. The number of aromatic nitrogens is 1. The normalized spacial score (nSPS) is 13.9. The standard InChI is InChI=1S/C34H35ClN2O5Si/c1-36-14-13-23(20-36)17-29-28-18-27(30(35)19-31(28)37(34(29)40)21-33(38)39)25-11-9-24(10-12-25)26-7-5-6-8-32(26)42-22-41-15-16-43(2,3)4/h5-14,17-20H,15-16,21-22H2,1-4H3,(H,38,39). The molecule has 0 atom stereocenters. The quantitative estimate of drug-likeness (QED) is 0.0811. The van der Waals surface area contributed by atoms with E-state index in [0.29, 0.717) is 28.5 Å². The summed E-state index contributed by atoms with van der Waals surface area (Å²) in [5.74, 6) is -0.726. The van der Waals surface area contributed by atoms with Gasteiger partial charge in [0.25, 0.3) is 5.91 Å². The predicted octanol–water partition coefficient (Wildman–Crippen LogP) is 7.68. The maximum atomic E-state index is 13.4. The number of carbonyl (C=O) groups is 2. The van der Waals surface area contributed by atoms with Gasteiger partial charge in [0.1, 0.15) is 12.3 Å². The molecule has 1 aliphatic rings. The molecule has 0 fully saturated rings. The van der Waals surface area contributed by atoms with Crippen molar-refractivity contribution in [3.8, 4) is 28.0 Å². The summed E-state index contributed by atoms with van der Waals surface area (Å²) in [6.07, 6.45) is 5.58. The van der Waals surface area contributed by atoms with Crippen molar-refractivity contribution in [2.45, 2.75) is 25.7 Å². The Balaban J connectivity index is 1.43. The molecule has 0 radical (unpaired) electrons. The maximum Gasteiger partial charge on any atom is 0.323 e. The average Bonchev–Trinajstić information content (AvgIpc) is 3.48. The second kappa shape index (κ2) is 12.6. The van der Waals surface area contributed by atoms with E-state index in [4.69, 9.17) is 21.1 Å². The van der Waals surface area contributed by atoms with Gasteiger partial charge in [-0.1, -0.05) is 73.7 Å². The van der Waals surface area contributed by atoms with Crippen LogP contribution in [-0.4, -0.2) is 49.6 Å². The van der Waals surface area contributed by atoms with Crippen LogP contribution < -0.4 is 9.64 Å². The summed E-state index contributed by atoms with van der Waals surface area (Å²) in [4.78, 5) is 26.2. The number of hydrogen-bond donors (Lipinski definition) is 1. The zero-order valence-electron chi connectivity index (χ0n) is 24.8. The van der Waals surface area contributed by atoms with E-state index in [1.165, 1.54) is 4.90 Å². The summed E-state index contributed by atoms with van der Waals surface area (Å²) in [5, 5.41) is 9.90. The number of benzene rings is 3. The third-order valence-corrected chi connectivity index (χ3v) is 9.31. The van der Waals surface area contributed by atoms with Crippen LogP contribution in [-0.2, 0) is 21.4 Å². The topological polar surface area (TPSA) is 81.0 Å². The van der Waals surface area contributed by atoms with Crippen LogP contribution in [0.1, 0.15) is 11.1 Å². The van der Waals surface area contributed by atoms with Crippen LogP contribution in [0.15, 0.2) is 79.1 Å². The number of aryl methyl sites for hydroxylation is 1. The van der Waals surface area contributed by atoms with E-state index in [0.717, 1.165) is 39.6 Å². The monoisotopic (exact) mass is 614 g/mol. The first kappa shape index (κ1) is 30.3. The minimum absolute atomic E-state index is 0.195. The van der Waals surface area contributed by atoms with Crippen LogP contribution in [0.5, 0.6) is 5.75 Å². The highest BCUT2D eigenvalue weighted by Gasteiger charge is 2.34. The molecular weight excluding hydrogens is 580 g/mol. The fourth-order valence-electron chi connectivity index (χ4n) is 5.00. The van der Waals surface area contributed by atoms with E-state index in [1.807, 2.05) is 84.7 Å². The molecule has 0 bridgehead atoms. The van der Waals surface area contributed by atoms with E-state index in [-0.39, 0.29) is 12.7 Å². The summed E-state index contributed by atoms with van der Waals surface area (Å²) < 4.78 is 13.6. The van der Waals surface area contributed by atoms with E-state index in [1.54, 1.807) is 12.1 Å². The molecule has 0 saturated carbocycles. The molecule has 1 aliphatic heterocycles. The van der Waals surface area contributed by atoms with Crippen LogP contribution in [0.3, 0.4) is 0 Å². The lowest BCUT2D eigenvalue weighted by molar-refractivity contribution is -0.136. The van der Waals surface area contributed by atoms with Crippen molar-refractivity contribution >= 4 is 48.9 Å². The van der Waals surface area contributed by atoms with Gasteiger partial charge in [-0.05, 0) is 53.1 Å². The van der Waals surface area contributed by atoms with Gasteiger partial charge in [0.15, 0.2) is 6.79 Å². The molecular formula is C34H35ClN2O5Si. The van der Waals surface area contributed by atoms with Gasteiger partial charge >= 0.3 is 5.97 Å². The van der Waals surface area contributed by atoms with Gasteiger partial charge in [-0.2, -0.15) is 0 Å². The van der Waals surface area contributed by atoms with Crippen LogP contribution in [0.4, 0.5) is 5.69 Å². The van der Waals surface area contributed by atoms with Crippen molar-refractivity contribution in [2.75, 3.05) is 24.8 Å². The molecule has 7 nitrogen and oxygen atoms in total. The third-order valence-electron chi connectivity index (χ3n) is 7.29. The minimum Gasteiger partial charge on any atom is -0.480 e. The summed E-state index contributed by atoms with van der Waals surface area (Å²) in [7, 11) is 0.737. The zero-order valence-corrected chi connectivity index (χ0v) is 26.5. The molecule has 5 rings (SSSR count). The number of anilines is 1. The number of ether oxygens (including phenoxy) is 2. The van der Waals surface area contributed by atoms with Gasteiger partial charge in [0, 0.05) is 56.4 Å². The SMILES string of the molecule is Cn1ccc(C=C2C(=O)N(CC(=O)O)c3cc(Cl)c(-c4ccc(-c5ccccc5OCOCC[Si](C)(C)C)cc4)cc32)c1. The molecule has 0 aliphatic carbocycles. The van der Waals surface area contributed by atoms with Crippen LogP contribution >= 0.6 is 11.6 Å². The molecule has 3 aromatic carbocycles. The Hall–Kier alpha value is -4.11. The number of carboxylic acids is 1. The van der Waals surface area contributed by atoms with Crippen LogP contribution in [0.2, 0.25) is 30.7 Å². The molecule has 1 N–H and O–H groups in total. The highest BCUT2D eigenvalue weighted by molar-refractivity contribution is 6.76. The zero-order chi connectivity index (χ0) is 30.7. The molecule has 9 heteroatoms. The first-order valence-electron chi connectivity index (χ1n) is 14.1. The van der Waals surface area contributed by atoms with Crippen molar-refractivity contribution < 1.29 is 24.2 Å². The predicted molar refractivity (Wildman–Crippen MR) is 175 cm³/mol. The third kappa shape index (κ3) is 7.10. The highest BCUT2D eigenvalue weighted by atomic mass is 35.5. The van der Waals surface area contributed by atoms with Crippen LogP contribution in [0.25, 0.3) is 33.9 Å². The Bertz CT molecular complexity index is 1690. The fourth-order valence-corrected chi connectivity index (χ4v) is 6.03. The lowest BCUT2D eigenvalue weighted by Gasteiger charge is -2.16. The number of carboxylic acid groups (broad SMARTS) is 1. The van der Waals surface area contributed by atoms with Crippen molar-refractivity contribution in [1.29, 1.82) is 0 Å². The first-order valence-corrected chi connectivity index (χ1v) is 18.2. The average molecular weight is 615 g/mol. The number of rotatable bonds is 11. The second-order valence-corrected chi connectivity index (χ2v) is 17.9. The maximum absolute atomic E-state index is 13.4. The van der Waals surface area contributed by atoms with Crippen molar-refractivity contribution in [1.82, 2.24) is 4.57 Å². The van der Waals surface area contributed by atoms with Crippen LogP contribution in [0, 0.1) is 0 Å². The van der Waals surface area contributed by atoms with E-state index >= 15 is 0 Å². The number of carbonyl (C=O) groups excluding carboxylic acids is 1. The van der Waals surface area contributed by atoms with Gasteiger partial charge in [-0.15, -0.1) is 0 Å². The van der Waals surface area contributed by atoms with E-state index < -0.39 is 20.6 Å². The molecule has 4 aromatic rings. The summed E-state index contributed by atoms with van der Waals surface area (Å²) >= 11 is 6.76. The fraction of sp³-hybridized carbons (Fsp3) is 0.235. The highest BCUT2D eigenvalue weighted by Crippen LogP contribution is 2.44. The number of amides is 1. The molecule has 0 unspecified atom stereocenters. The number of hydrogen-bond acceptors (Lipinski definition) is 4. The molecule has 222 valence electrons. The molecule has 1 amide bonds. The lowest BCUT2D eigenvalue weighted by Crippen LogP contribution is -2.32. The van der Waals surface area contributed by atoms with Gasteiger partial charge in [0.2, 0.25) is 0 Å². The number of halogens is 1. The minimum atomic E-state index is -1.16. The van der Waals surface area contributed by atoms with Crippen molar-refractivity contribution in [2.24, 2.45) is 7.05 Å². The van der Waals surface area contributed by atoms with E-state index in [9.17, 15) is 14.7 Å². The molecule has 1 aromatic heterocycles. The second-order valence-electron chi connectivity index (χ2n) is 11.9. The largest absolute Gasteiger partial charge is 0.480 e. The smallest absolute Gasteiger partial charge is 0.323 e. The Labute approximate surface area is 257 Å². The van der Waals surface area contributed by atoms with Gasteiger partial charge in [-0.25, -0.2) is 0 Å². The first-order chi connectivity index (χ1) is 20.5. The number of para-hydroxylation sites is 1. The summed E-state index contributed by atoms with van der Waals surface area (Å²) in [5.41, 5.74) is 5.94. The molecule has 0 spiro atoms. The van der Waals surface area contributed by atoms with Gasteiger partial charge in [0.05, 0.1) is 10.7 Å². The van der Waals surface area contributed by atoms with Crippen molar-refractivity contribution in [3.05, 3.63) is 95.3 Å². The number of nitrogens with zero attached hydrogens (tertiary/aromatic N) is 2. The summed E-state index contributed by atoms with van der Waals surface area (Å²) in [6, 6.07) is 22.4. The Morgan fingerprint density at radius 3 is 2.33 bits per heavy atom. The van der Waals surface area contributed by atoms with E-state index in [2.05, 4.69) is 19.6 Å². The lowest BCUT2D eigenvalue weighted by atomic mass is 9.96. The Morgan fingerprint density at radius 2 is 1.67 bits per heavy atom. The summed E-state index contributed by atoms with van der Waals surface area (Å²) in [6.45, 7) is 7.39. The molecule has 2 heterocycles. The number of fused-ring (bicyclic) bond motifs is 1. The Morgan fingerprint density at radius 1 is 0.977 bits per heavy atom. The van der Waals surface area contributed by atoms with Crippen molar-refractivity contribution in [3.63, 3.8) is 0 Å². The van der Waals surface area contributed by atoms with Gasteiger partial charge < -0.3 is 19.1 Å². The molecule has 0 saturated heterocycles. The Kier molecular flexibility index (Phi) is 8.91. The molecule has 43 heavy (non-hydrogen) atoms. The van der Waals surface area contributed by atoms with Gasteiger partial charge in [-0.3, -0.25) is 14.5 Å².